The van der Waals surface area contributed by atoms with Crippen LogP contribution in [0.25, 0.3) is 0 Å². The van der Waals surface area contributed by atoms with Crippen molar-refractivity contribution in [3.05, 3.63) is 11.7 Å². The Morgan fingerprint density at radius 1 is 1.29 bits per heavy atom. The van der Waals surface area contributed by atoms with Crippen molar-refractivity contribution in [2.24, 2.45) is 11.1 Å². The van der Waals surface area contributed by atoms with Gasteiger partial charge < -0.3 is 10.3 Å². The molecule has 0 radical (unpaired) electrons. The molecule has 0 aliphatic heterocycles. The van der Waals surface area contributed by atoms with Crippen molar-refractivity contribution in [3.63, 3.8) is 0 Å². The fourth-order valence-corrected chi connectivity index (χ4v) is 2.43. The normalized spacial score (nSPS) is 26.1. The Balaban J connectivity index is 2.07. The van der Waals surface area contributed by atoms with Crippen molar-refractivity contribution in [3.8, 4) is 0 Å². The SMILES string of the molecule is CC(C)(C)Cc1noc(C2CCCCC2N)n1. The zero-order valence-electron chi connectivity index (χ0n) is 11.1. The van der Waals surface area contributed by atoms with Crippen molar-refractivity contribution in [1.29, 1.82) is 0 Å². The van der Waals surface area contributed by atoms with E-state index in [0.29, 0.717) is 0 Å². The van der Waals surface area contributed by atoms with Gasteiger partial charge in [-0.05, 0) is 18.3 Å². The molecule has 96 valence electrons. The highest BCUT2D eigenvalue weighted by Gasteiger charge is 2.28. The Morgan fingerprint density at radius 3 is 2.65 bits per heavy atom. The summed E-state index contributed by atoms with van der Waals surface area (Å²) in [4.78, 5) is 4.51. The quantitative estimate of drug-likeness (QED) is 0.858. The standard InChI is InChI=1S/C13H23N3O/c1-13(2,3)8-11-15-12(17-16-11)9-6-4-5-7-10(9)14/h9-10H,4-8,14H2,1-3H3. The zero-order chi connectivity index (χ0) is 12.5. The molecule has 0 saturated heterocycles. The summed E-state index contributed by atoms with van der Waals surface area (Å²) in [5, 5.41) is 4.07. The molecule has 2 unspecified atom stereocenters. The van der Waals surface area contributed by atoms with Gasteiger partial charge >= 0.3 is 0 Å². The summed E-state index contributed by atoms with van der Waals surface area (Å²) in [6.07, 6.45) is 5.44. The predicted octanol–water partition coefficient (Wildman–Crippen LogP) is 2.64. The third kappa shape index (κ3) is 3.28. The van der Waals surface area contributed by atoms with Crippen LogP contribution in [-0.2, 0) is 6.42 Å². The molecule has 0 amide bonds. The first kappa shape index (κ1) is 12.6. The van der Waals surface area contributed by atoms with Gasteiger partial charge in [0.15, 0.2) is 5.82 Å². The topological polar surface area (TPSA) is 64.9 Å². The molecule has 4 nitrogen and oxygen atoms in total. The Labute approximate surface area is 103 Å². The molecule has 1 aliphatic carbocycles. The van der Waals surface area contributed by atoms with Crippen molar-refractivity contribution >= 4 is 0 Å². The van der Waals surface area contributed by atoms with Crippen molar-refractivity contribution < 1.29 is 4.52 Å². The molecule has 17 heavy (non-hydrogen) atoms. The van der Waals surface area contributed by atoms with E-state index in [2.05, 4.69) is 30.9 Å². The largest absolute Gasteiger partial charge is 0.339 e. The van der Waals surface area contributed by atoms with Gasteiger partial charge in [0, 0.05) is 12.5 Å². The van der Waals surface area contributed by atoms with Crippen LogP contribution in [0.5, 0.6) is 0 Å². The van der Waals surface area contributed by atoms with E-state index in [1.54, 1.807) is 0 Å². The van der Waals surface area contributed by atoms with Crippen LogP contribution in [0.1, 0.15) is 64.1 Å². The van der Waals surface area contributed by atoms with Gasteiger partial charge in [0.05, 0.1) is 5.92 Å². The molecular weight excluding hydrogens is 214 g/mol. The Morgan fingerprint density at radius 2 is 2.00 bits per heavy atom. The predicted molar refractivity (Wildman–Crippen MR) is 66.6 cm³/mol. The summed E-state index contributed by atoms with van der Waals surface area (Å²) in [7, 11) is 0. The molecule has 1 saturated carbocycles. The lowest BCUT2D eigenvalue weighted by Crippen LogP contribution is -2.31. The van der Waals surface area contributed by atoms with Crippen LogP contribution in [-0.4, -0.2) is 16.2 Å². The monoisotopic (exact) mass is 237 g/mol. The molecule has 0 spiro atoms. The lowest BCUT2D eigenvalue weighted by molar-refractivity contribution is 0.287. The van der Waals surface area contributed by atoms with Crippen molar-refractivity contribution in [2.75, 3.05) is 0 Å². The van der Waals surface area contributed by atoms with Crippen LogP contribution in [0.4, 0.5) is 0 Å². The summed E-state index contributed by atoms with van der Waals surface area (Å²) in [6.45, 7) is 6.53. The Bertz CT molecular complexity index is 367. The van der Waals surface area contributed by atoms with Crippen LogP contribution in [0.3, 0.4) is 0 Å². The molecule has 1 aliphatic rings. The summed E-state index contributed by atoms with van der Waals surface area (Å²) in [5.74, 6) is 1.83. The van der Waals surface area contributed by atoms with Crippen LogP contribution in [0, 0.1) is 5.41 Å². The maximum atomic E-state index is 6.12. The van der Waals surface area contributed by atoms with E-state index in [-0.39, 0.29) is 17.4 Å². The minimum absolute atomic E-state index is 0.187. The molecule has 1 aromatic rings. The molecule has 4 heteroatoms. The molecule has 1 fully saturated rings. The second-order valence-electron chi connectivity index (χ2n) is 6.34. The molecule has 2 rings (SSSR count). The van der Waals surface area contributed by atoms with Gasteiger partial charge in [-0.2, -0.15) is 4.98 Å². The summed E-state index contributed by atoms with van der Waals surface area (Å²) < 4.78 is 5.38. The van der Waals surface area contributed by atoms with Crippen LogP contribution in [0.2, 0.25) is 0 Å². The minimum Gasteiger partial charge on any atom is -0.339 e. The maximum Gasteiger partial charge on any atom is 0.231 e. The number of nitrogens with zero attached hydrogens (tertiary/aromatic N) is 2. The second-order valence-corrected chi connectivity index (χ2v) is 6.34. The molecule has 0 bridgehead atoms. The zero-order valence-corrected chi connectivity index (χ0v) is 11.1. The van der Waals surface area contributed by atoms with Gasteiger partial charge in [0.25, 0.3) is 0 Å². The van der Waals surface area contributed by atoms with Gasteiger partial charge in [-0.1, -0.05) is 38.8 Å². The molecular formula is C13H23N3O. The third-order valence-electron chi connectivity index (χ3n) is 3.31. The lowest BCUT2D eigenvalue weighted by Gasteiger charge is -2.25. The lowest BCUT2D eigenvalue weighted by atomic mass is 9.85. The van der Waals surface area contributed by atoms with Gasteiger partial charge in [-0.25, -0.2) is 0 Å². The highest BCUT2D eigenvalue weighted by atomic mass is 16.5. The van der Waals surface area contributed by atoms with E-state index in [1.165, 1.54) is 12.8 Å². The number of aromatic nitrogens is 2. The van der Waals surface area contributed by atoms with Gasteiger partial charge in [0.1, 0.15) is 0 Å². The van der Waals surface area contributed by atoms with Gasteiger partial charge in [-0.3, -0.25) is 0 Å². The Hall–Kier alpha value is -0.900. The average molecular weight is 237 g/mol. The van der Waals surface area contributed by atoms with E-state index in [4.69, 9.17) is 10.3 Å². The molecule has 1 heterocycles. The smallest absolute Gasteiger partial charge is 0.231 e. The third-order valence-corrected chi connectivity index (χ3v) is 3.31. The second kappa shape index (κ2) is 4.77. The van der Waals surface area contributed by atoms with E-state index >= 15 is 0 Å². The highest BCUT2D eigenvalue weighted by molar-refractivity contribution is 5.01. The number of rotatable bonds is 2. The highest BCUT2D eigenvalue weighted by Crippen LogP contribution is 2.31. The van der Waals surface area contributed by atoms with Crippen LogP contribution >= 0.6 is 0 Å². The Kier molecular flexibility index (Phi) is 3.52. The maximum absolute atomic E-state index is 6.12. The summed E-state index contributed by atoms with van der Waals surface area (Å²) >= 11 is 0. The van der Waals surface area contributed by atoms with E-state index in [9.17, 15) is 0 Å². The number of nitrogens with two attached hydrogens (primary N) is 1. The number of hydrogen-bond acceptors (Lipinski definition) is 4. The minimum atomic E-state index is 0.187. The molecule has 2 N–H and O–H groups in total. The van der Waals surface area contributed by atoms with E-state index < -0.39 is 0 Å². The first-order chi connectivity index (χ1) is 7.96. The average Bonchev–Trinajstić information content (AvgIpc) is 2.64. The van der Waals surface area contributed by atoms with Crippen LogP contribution < -0.4 is 5.73 Å². The fourth-order valence-electron chi connectivity index (χ4n) is 2.43. The van der Waals surface area contributed by atoms with Gasteiger partial charge in [0.2, 0.25) is 5.89 Å². The first-order valence-electron chi connectivity index (χ1n) is 6.54. The van der Waals surface area contributed by atoms with Crippen molar-refractivity contribution in [1.82, 2.24) is 10.1 Å². The van der Waals surface area contributed by atoms with Crippen LogP contribution in [0.15, 0.2) is 4.52 Å². The fraction of sp³-hybridized carbons (Fsp3) is 0.846. The molecule has 1 aromatic heterocycles. The van der Waals surface area contributed by atoms with Crippen molar-refractivity contribution in [2.45, 2.75) is 64.8 Å². The summed E-state index contributed by atoms with van der Waals surface area (Å²) in [5.41, 5.74) is 6.31. The first-order valence-corrected chi connectivity index (χ1v) is 6.54. The van der Waals surface area contributed by atoms with E-state index in [0.717, 1.165) is 31.0 Å². The van der Waals surface area contributed by atoms with E-state index in [1.807, 2.05) is 0 Å². The molecule has 0 aromatic carbocycles. The van der Waals surface area contributed by atoms with Gasteiger partial charge in [-0.15, -0.1) is 0 Å². The molecule has 2 atom stereocenters. The summed E-state index contributed by atoms with van der Waals surface area (Å²) in [6, 6.07) is 0.187. The number of hydrogen-bond donors (Lipinski definition) is 1.